The normalized spacial score (nSPS) is 30.6. The van der Waals surface area contributed by atoms with Crippen molar-refractivity contribution in [2.75, 3.05) is 44.4 Å². The first-order chi connectivity index (χ1) is 17.5. The third-order valence-electron chi connectivity index (χ3n) is 8.61. The number of anilines is 1. The van der Waals surface area contributed by atoms with Crippen molar-refractivity contribution in [2.45, 2.75) is 63.3 Å². The van der Waals surface area contributed by atoms with E-state index in [0.717, 1.165) is 80.5 Å². The maximum atomic E-state index is 11.2. The predicted octanol–water partition coefficient (Wildman–Crippen LogP) is 2.35. The lowest BCUT2D eigenvalue weighted by Crippen LogP contribution is -2.48. The molecule has 0 amide bonds. The van der Waals surface area contributed by atoms with E-state index in [9.17, 15) is 5.11 Å². The zero-order valence-electron chi connectivity index (χ0n) is 21.0. The molecule has 9 heteroatoms. The average molecular weight is 491 g/mol. The van der Waals surface area contributed by atoms with Crippen LogP contribution in [0.25, 0.3) is 16.7 Å². The Balaban J connectivity index is 1.21. The fourth-order valence-electron chi connectivity index (χ4n) is 6.72. The monoisotopic (exact) mass is 490 g/mol. The number of fused-ring (bicyclic) bond motifs is 3. The van der Waals surface area contributed by atoms with E-state index in [4.69, 9.17) is 24.5 Å². The van der Waals surface area contributed by atoms with Gasteiger partial charge in [-0.05, 0) is 62.9 Å². The predicted molar refractivity (Wildman–Crippen MR) is 136 cm³/mol. The molecule has 7 rings (SSSR count). The van der Waals surface area contributed by atoms with E-state index in [1.54, 1.807) is 0 Å². The second-order valence-corrected chi connectivity index (χ2v) is 10.9. The first-order valence-electron chi connectivity index (χ1n) is 13.3. The number of β-amino-alcohol motifs (C(OH)–C–C–N with tert-alkyl or cyclic N) is 1. The lowest BCUT2D eigenvalue weighted by atomic mass is 9.84. The third-order valence-corrected chi connectivity index (χ3v) is 8.61. The quantitative estimate of drug-likeness (QED) is 0.596. The largest absolute Gasteiger partial charge is 0.391 e. The number of aromatic nitrogens is 4. The Kier molecular flexibility index (Phi) is 5.50. The molecule has 36 heavy (non-hydrogen) atoms. The molecule has 4 aliphatic rings. The van der Waals surface area contributed by atoms with Crippen LogP contribution in [0.4, 0.5) is 5.82 Å². The minimum atomic E-state index is -0.396. The van der Waals surface area contributed by atoms with Crippen molar-refractivity contribution in [3.05, 3.63) is 41.3 Å². The third kappa shape index (κ3) is 3.80. The molecule has 190 valence electrons. The molecule has 3 aromatic rings. The number of aliphatic hydroxyl groups is 1. The molecule has 2 aromatic heterocycles. The molecule has 0 aliphatic carbocycles. The Morgan fingerprint density at radius 3 is 2.64 bits per heavy atom. The summed E-state index contributed by atoms with van der Waals surface area (Å²) in [6.07, 6.45) is 4.90. The van der Waals surface area contributed by atoms with Crippen molar-refractivity contribution in [2.24, 2.45) is 0 Å². The van der Waals surface area contributed by atoms with E-state index < -0.39 is 6.10 Å². The summed E-state index contributed by atoms with van der Waals surface area (Å²) < 4.78 is 13.3. The van der Waals surface area contributed by atoms with E-state index in [1.807, 2.05) is 17.8 Å². The van der Waals surface area contributed by atoms with Gasteiger partial charge in [0.2, 0.25) is 0 Å². The Bertz CT molecular complexity index is 1290. The number of benzene rings is 1. The maximum Gasteiger partial charge on any atom is 0.159 e. The van der Waals surface area contributed by atoms with Crippen LogP contribution in [0, 0.1) is 13.8 Å². The molecule has 0 radical (unpaired) electrons. The lowest BCUT2D eigenvalue weighted by Gasteiger charge is -2.39. The van der Waals surface area contributed by atoms with Crippen LogP contribution in [0.3, 0.4) is 0 Å². The minimum absolute atomic E-state index is 0.110. The van der Waals surface area contributed by atoms with Crippen LogP contribution in [0.5, 0.6) is 0 Å². The summed E-state index contributed by atoms with van der Waals surface area (Å²) in [6.45, 7) is 9.05. The van der Waals surface area contributed by atoms with Crippen molar-refractivity contribution in [3.63, 3.8) is 0 Å². The molecule has 4 aliphatic heterocycles. The SMILES string of the molecule is Cc1nc(N2C[C@@H]3C[C@H]2CO3)cc(-n2ncc3cc(C)c([C@@H]4CCN([C@H]5CCOC5)C[C@@H]4O)cc32)n1. The Hall–Kier alpha value is -2.59. The van der Waals surface area contributed by atoms with Crippen LogP contribution < -0.4 is 4.90 Å². The highest BCUT2D eigenvalue weighted by Crippen LogP contribution is 2.36. The van der Waals surface area contributed by atoms with E-state index in [-0.39, 0.29) is 5.92 Å². The van der Waals surface area contributed by atoms with Gasteiger partial charge in [-0.25, -0.2) is 14.6 Å². The van der Waals surface area contributed by atoms with Gasteiger partial charge in [-0.3, -0.25) is 4.90 Å². The second-order valence-electron chi connectivity index (χ2n) is 10.9. The summed E-state index contributed by atoms with van der Waals surface area (Å²) in [5.74, 6) is 2.57. The molecule has 5 atom stereocenters. The topological polar surface area (TPSA) is 88.8 Å². The molecular weight excluding hydrogens is 456 g/mol. The van der Waals surface area contributed by atoms with Crippen molar-refractivity contribution in [3.8, 4) is 5.82 Å². The zero-order chi connectivity index (χ0) is 24.4. The second kappa shape index (κ2) is 8.76. The molecule has 0 unspecified atom stereocenters. The number of ether oxygens (including phenoxy) is 2. The average Bonchev–Trinajstić information content (AvgIpc) is 3.68. The molecule has 2 bridgehead atoms. The molecule has 0 spiro atoms. The van der Waals surface area contributed by atoms with Gasteiger partial charge in [-0.1, -0.05) is 0 Å². The van der Waals surface area contributed by atoms with Gasteiger partial charge in [-0.2, -0.15) is 5.10 Å². The summed E-state index contributed by atoms with van der Waals surface area (Å²) in [4.78, 5) is 14.3. The van der Waals surface area contributed by atoms with Crippen molar-refractivity contribution in [1.82, 2.24) is 24.6 Å². The zero-order valence-corrected chi connectivity index (χ0v) is 21.0. The van der Waals surface area contributed by atoms with Crippen LogP contribution in [-0.2, 0) is 9.47 Å². The molecular formula is C27H34N6O3. The van der Waals surface area contributed by atoms with Crippen molar-refractivity contribution < 1.29 is 14.6 Å². The fraction of sp³-hybridized carbons (Fsp3) is 0.593. The summed E-state index contributed by atoms with van der Waals surface area (Å²) in [7, 11) is 0. The number of hydrogen-bond acceptors (Lipinski definition) is 8. The van der Waals surface area contributed by atoms with E-state index >= 15 is 0 Å². The summed E-state index contributed by atoms with van der Waals surface area (Å²) in [5.41, 5.74) is 3.43. The van der Waals surface area contributed by atoms with Gasteiger partial charge in [-0.15, -0.1) is 0 Å². The molecule has 0 saturated carbocycles. The van der Waals surface area contributed by atoms with Crippen LogP contribution in [0.1, 0.15) is 42.1 Å². The van der Waals surface area contributed by atoms with Gasteiger partial charge in [0.25, 0.3) is 0 Å². The van der Waals surface area contributed by atoms with Gasteiger partial charge in [0.05, 0.1) is 43.2 Å². The Labute approximate surface area is 211 Å². The number of hydrogen-bond donors (Lipinski definition) is 1. The number of aryl methyl sites for hydroxylation is 2. The van der Waals surface area contributed by atoms with Crippen molar-refractivity contribution >= 4 is 16.7 Å². The standard InChI is InChI=1S/C27H34N6O3/c1-16-7-18-11-28-33(27-10-26(29-17(2)30-27)32-12-21-8-20(32)15-36-21)24(18)9-23(16)22-3-5-31(13-25(22)34)19-4-6-35-14-19/h7,9-11,19-22,25,34H,3-6,8,12-15H2,1-2H3/t19-,20-,21-,22-,25-/m0/s1. The van der Waals surface area contributed by atoms with Crippen LogP contribution >= 0.6 is 0 Å². The molecule has 1 N–H and O–H groups in total. The highest BCUT2D eigenvalue weighted by Gasteiger charge is 2.40. The molecule has 4 saturated heterocycles. The van der Waals surface area contributed by atoms with Gasteiger partial charge in [0.1, 0.15) is 11.6 Å². The lowest BCUT2D eigenvalue weighted by molar-refractivity contribution is 0.0264. The van der Waals surface area contributed by atoms with E-state index in [1.165, 1.54) is 11.1 Å². The molecule has 4 fully saturated rings. The number of aliphatic hydroxyl groups excluding tert-OH is 1. The van der Waals surface area contributed by atoms with Crippen LogP contribution in [0.2, 0.25) is 0 Å². The smallest absolute Gasteiger partial charge is 0.159 e. The summed E-state index contributed by atoms with van der Waals surface area (Å²) >= 11 is 0. The summed E-state index contributed by atoms with van der Waals surface area (Å²) in [5, 5.41) is 17.0. The Morgan fingerprint density at radius 1 is 1.00 bits per heavy atom. The Morgan fingerprint density at radius 2 is 1.89 bits per heavy atom. The van der Waals surface area contributed by atoms with Crippen LogP contribution in [0.15, 0.2) is 24.4 Å². The van der Waals surface area contributed by atoms with Gasteiger partial charge >= 0.3 is 0 Å². The number of morpholine rings is 1. The van der Waals surface area contributed by atoms with E-state index in [2.05, 4.69) is 34.9 Å². The van der Waals surface area contributed by atoms with E-state index in [0.29, 0.717) is 24.7 Å². The molecule has 6 heterocycles. The summed E-state index contributed by atoms with van der Waals surface area (Å²) in [6, 6.07) is 7.31. The van der Waals surface area contributed by atoms with Gasteiger partial charge in [0.15, 0.2) is 5.82 Å². The highest BCUT2D eigenvalue weighted by atomic mass is 16.5. The number of piperidine rings is 1. The first-order valence-corrected chi connectivity index (χ1v) is 13.3. The van der Waals surface area contributed by atoms with Gasteiger partial charge < -0.3 is 19.5 Å². The minimum Gasteiger partial charge on any atom is -0.391 e. The van der Waals surface area contributed by atoms with Crippen LogP contribution in [-0.4, -0.2) is 93.5 Å². The number of likely N-dealkylation sites (tertiary alicyclic amines) is 1. The number of nitrogens with zero attached hydrogens (tertiary/aromatic N) is 6. The highest BCUT2D eigenvalue weighted by molar-refractivity contribution is 5.82. The fourth-order valence-corrected chi connectivity index (χ4v) is 6.72. The molecule has 9 nitrogen and oxygen atoms in total. The molecule has 1 aromatic carbocycles. The van der Waals surface area contributed by atoms with Gasteiger partial charge in [0, 0.05) is 43.1 Å². The maximum absolute atomic E-state index is 11.2. The van der Waals surface area contributed by atoms with Crippen molar-refractivity contribution in [1.29, 1.82) is 0 Å². The number of rotatable bonds is 4. The first kappa shape index (κ1) is 22.6.